The maximum absolute atomic E-state index is 13.1. The van der Waals surface area contributed by atoms with Crippen molar-refractivity contribution < 1.29 is 22.1 Å². The Labute approximate surface area is 183 Å². The van der Waals surface area contributed by atoms with Crippen LogP contribution in [0.1, 0.15) is 32.8 Å². The molecule has 0 aliphatic rings. The molecule has 2 aromatic rings. The molecule has 0 aliphatic carbocycles. The summed E-state index contributed by atoms with van der Waals surface area (Å²) in [5, 5.41) is 3.28. The number of halogens is 1. The highest BCUT2D eigenvalue weighted by atomic mass is 35.5. The Balaban J connectivity index is 2.35. The highest BCUT2D eigenvalue weighted by Gasteiger charge is 2.23. The minimum absolute atomic E-state index is 0.116. The van der Waals surface area contributed by atoms with Gasteiger partial charge in [0, 0.05) is 16.6 Å². The molecule has 0 saturated carbocycles. The Hall–Kier alpha value is -2.45. The Morgan fingerprint density at radius 3 is 2.50 bits per heavy atom. The number of ether oxygens (including phenoxy) is 1. The average Bonchev–Trinajstić information content (AvgIpc) is 2.73. The van der Waals surface area contributed by atoms with Crippen LogP contribution in [0.4, 0.5) is 10.5 Å². The molecular formula is C21H27ClN2O5S. The van der Waals surface area contributed by atoms with Crippen LogP contribution in [0.2, 0.25) is 5.02 Å². The van der Waals surface area contributed by atoms with Crippen LogP contribution in [0.5, 0.6) is 11.5 Å². The van der Waals surface area contributed by atoms with E-state index in [0.29, 0.717) is 28.4 Å². The van der Waals surface area contributed by atoms with E-state index in [4.69, 9.17) is 20.5 Å². The molecule has 0 aliphatic heterocycles. The minimum Gasteiger partial charge on any atom is -0.495 e. The number of anilines is 1. The molecule has 1 atom stereocenters. The summed E-state index contributed by atoms with van der Waals surface area (Å²) < 4.78 is 34.4. The summed E-state index contributed by atoms with van der Waals surface area (Å²) in [7, 11) is -2.20. The molecule has 0 saturated heterocycles. The second-order valence-electron chi connectivity index (χ2n) is 6.70. The lowest BCUT2D eigenvalue weighted by Gasteiger charge is -2.29. The van der Waals surface area contributed by atoms with E-state index in [2.05, 4.69) is 5.32 Å². The highest BCUT2D eigenvalue weighted by molar-refractivity contribution is 7.87. The number of para-hydroxylation sites is 2. The molecule has 0 radical (unpaired) electrons. The number of hydrogen-bond acceptors (Lipinski definition) is 5. The maximum atomic E-state index is 13.1. The molecule has 0 heterocycles. The molecule has 2 amide bonds. The number of amides is 2. The zero-order chi connectivity index (χ0) is 22.3. The van der Waals surface area contributed by atoms with Crippen molar-refractivity contribution in [3.05, 3.63) is 53.1 Å². The zero-order valence-electron chi connectivity index (χ0n) is 17.5. The van der Waals surface area contributed by atoms with Crippen molar-refractivity contribution in [3.63, 3.8) is 0 Å². The molecule has 164 valence electrons. The van der Waals surface area contributed by atoms with E-state index in [-0.39, 0.29) is 30.1 Å². The standard InChI is InChI=1S/C21H27ClN2O5S/c1-5-15(3)24(21(25)23-18-9-7-8-10-20(18)28-4)14-16-13-17(22)11-12-19(16)29-30(26,27)6-2/h7-13,15H,5-6,14H2,1-4H3,(H,23,25). The van der Waals surface area contributed by atoms with Crippen molar-refractivity contribution in [2.45, 2.75) is 39.8 Å². The van der Waals surface area contributed by atoms with Gasteiger partial charge in [-0.3, -0.25) is 0 Å². The normalized spacial score (nSPS) is 12.2. The van der Waals surface area contributed by atoms with Crippen LogP contribution in [0.3, 0.4) is 0 Å². The summed E-state index contributed by atoms with van der Waals surface area (Å²) in [5.41, 5.74) is 1.03. The van der Waals surface area contributed by atoms with E-state index < -0.39 is 10.1 Å². The third-order valence-corrected chi connectivity index (χ3v) is 6.04. The first kappa shape index (κ1) is 23.8. The molecule has 0 aromatic heterocycles. The average molecular weight is 455 g/mol. The molecule has 0 bridgehead atoms. The third-order valence-electron chi connectivity index (χ3n) is 4.67. The molecule has 7 nitrogen and oxygen atoms in total. The van der Waals surface area contributed by atoms with Gasteiger partial charge in [0.2, 0.25) is 0 Å². The topological polar surface area (TPSA) is 84.9 Å². The van der Waals surface area contributed by atoms with Gasteiger partial charge in [-0.2, -0.15) is 8.42 Å². The first-order chi connectivity index (χ1) is 14.2. The molecule has 2 aromatic carbocycles. The second-order valence-corrected chi connectivity index (χ2v) is 8.99. The van der Waals surface area contributed by atoms with Crippen molar-refractivity contribution in [2.75, 3.05) is 18.2 Å². The third kappa shape index (κ3) is 6.27. The maximum Gasteiger partial charge on any atom is 0.322 e. The van der Waals surface area contributed by atoms with Crippen molar-refractivity contribution in [1.82, 2.24) is 4.90 Å². The highest BCUT2D eigenvalue weighted by Crippen LogP contribution is 2.28. The lowest BCUT2D eigenvalue weighted by molar-refractivity contribution is 0.186. The van der Waals surface area contributed by atoms with Gasteiger partial charge < -0.3 is 19.1 Å². The van der Waals surface area contributed by atoms with Crippen LogP contribution in [0.15, 0.2) is 42.5 Å². The summed E-state index contributed by atoms with van der Waals surface area (Å²) in [6.45, 7) is 5.49. The van der Waals surface area contributed by atoms with Gasteiger partial charge in [0.05, 0.1) is 25.1 Å². The Bertz CT molecular complexity index is 981. The van der Waals surface area contributed by atoms with Crippen molar-refractivity contribution in [1.29, 1.82) is 0 Å². The smallest absolute Gasteiger partial charge is 0.322 e. The van der Waals surface area contributed by atoms with Crippen molar-refractivity contribution in [3.8, 4) is 11.5 Å². The summed E-state index contributed by atoms with van der Waals surface area (Å²) in [6, 6.07) is 11.3. The molecule has 2 rings (SSSR count). The molecule has 30 heavy (non-hydrogen) atoms. The van der Waals surface area contributed by atoms with Crippen LogP contribution in [0, 0.1) is 0 Å². The molecule has 1 unspecified atom stereocenters. The first-order valence-corrected chi connectivity index (χ1v) is 11.6. The van der Waals surface area contributed by atoms with E-state index in [9.17, 15) is 13.2 Å². The molecule has 0 spiro atoms. The second kappa shape index (κ2) is 10.5. The number of nitrogens with one attached hydrogen (secondary N) is 1. The quantitative estimate of drug-likeness (QED) is 0.544. The van der Waals surface area contributed by atoms with E-state index in [1.54, 1.807) is 35.2 Å². The van der Waals surface area contributed by atoms with Crippen LogP contribution >= 0.6 is 11.6 Å². The first-order valence-electron chi connectivity index (χ1n) is 9.62. The van der Waals surface area contributed by atoms with Gasteiger partial charge in [0.15, 0.2) is 0 Å². The number of hydrogen-bond donors (Lipinski definition) is 1. The summed E-state index contributed by atoms with van der Waals surface area (Å²) >= 11 is 6.13. The zero-order valence-corrected chi connectivity index (χ0v) is 19.1. The number of carbonyl (C=O) groups is 1. The number of urea groups is 1. The lowest BCUT2D eigenvalue weighted by atomic mass is 10.1. The van der Waals surface area contributed by atoms with E-state index in [0.717, 1.165) is 0 Å². The minimum atomic E-state index is -3.73. The van der Waals surface area contributed by atoms with Gasteiger partial charge in [-0.25, -0.2) is 4.79 Å². The monoisotopic (exact) mass is 454 g/mol. The number of benzene rings is 2. The van der Waals surface area contributed by atoms with Gasteiger partial charge in [0.25, 0.3) is 0 Å². The molecule has 9 heteroatoms. The lowest BCUT2D eigenvalue weighted by Crippen LogP contribution is -2.40. The number of rotatable bonds is 9. The van der Waals surface area contributed by atoms with Gasteiger partial charge in [-0.15, -0.1) is 0 Å². The van der Waals surface area contributed by atoms with E-state index in [1.165, 1.54) is 20.1 Å². The van der Waals surface area contributed by atoms with E-state index in [1.807, 2.05) is 19.9 Å². The number of methoxy groups -OCH3 is 1. The predicted octanol–water partition coefficient (Wildman–Crippen LogP) is 4.91. The molecule has 0 fully saturated rings. The van der Waals surface area contributed by atoms with E-state index >= 15 is 0 Å². The number of nitrogens with zero attached hydrogens (tertiary/aromatic N) is 1. The fraction of sp³-hybridized carbons (Fsp3) is 0.381. The van der Waals surface area contributed by atoms with Crippen LogP contribution in [0.25, 0.3) is 0 Å². The van der Waals surface area contributed by atoms with Crippen molar-refractivity contribution in [2.24, 2.45) is 0 Å². The van der Waals surface area contributed by atoms with Gasteiger partial charge >= 0.3 is 16.1 Å². The summed E-state index contributed by atoms with van der Waals surface area (Å²) in [6.07, 6.45) is 0.698. The SMILES string of the molecule is CCC(C)N(Cc1cc(Cl)ccc1OS(=O)(=O)CC)C(=O)Nc1ccccc1OC. The predicted molar refractivity (Wildman–Crippen MR) is 119 cm³/mol. The van der Waals surface area contributed by atoms with Gasteiger partial charge in [-0.05, 0) is 50.6 Å². The Morgan fingerprint density at radius 1 is 1.17 bits per heavy atom. The Kier molecular flexibility index (Phi) is 8.37. The van der Waals surface area contributed by atoms with Crippen LogP contribution < -0.4 is 14.2 Å². The van der Waals surface area contributed by atoms with Gasteiger partial charge in [-0.1, -0.05) is 30.7 Å². The van der Waals surface area contributed by atoms with Crippen molar-refractivity contribution >= 4 is 33.4 Å². The molecule has 1 N–H and O–H groups in total. The summed E-state index contributed by atoms with van der Waals surface area (Å²) in [5.74, 6) is 0.522. The van der Waals surface area contributed by atoms with Crippen LogP contribution in [-0.4, -0.2) is 38.3 Å². The number of carbonyl (C=O) groups excluding carboxylic acids is 1. The van der Waals surface area contributed by atoms with Gasteiger partial charge in [0.1, 0.15) is 11.5 Å². The Morgan fingerprint density at radius 2 is 1.87 bits per heavy atom. The van der Waals surface area contributed by atoms with Crippen LogP contribution in [-0.2, 0) is 16.7 Å². The fourth-order valence-electron chi connectivity index (χ4n) is 2.72. The summed E-state index contributed by atoms with van der Waals surface area (Å²) in [4.78, 5) is 14.7. The molecular weight excluding hydrogens is 428 g/mol. The fourth-order valence-corrected chi connectivity index (χ4v) is 3.46. The largest absolute Gasteiger partial charge is 0.495 e.